The van der Waals surface area contributed by atoms with Crippen LogP contribution in [0.1, 0.15) is 39.9 Å². The van der Waals surface area contributed by atoms with Gasteiger partial charge in [-0.05, 0) is 34.8 Å². The third-order valence-corrected chi connectivity index (χ3v) is 5.44. The molecule has 0 aliphatic rings. The lowest BCUT2D eigenvalue weighted by atomic mass is 10.0. The van der Waals surface area contributed by atoms with Gasteiger partial charge in [0.25, 0.3) is 0 Å². The maximum absolute atomic E-state index is 12.4. The fourth-order valence-corrected chi connectivity index (χ4v) is 4.34. The Bertz CT molecular complexity index is 526. The van der Waals surface area contributed by atoms with E-state index in [1.807, 2.05) is 27.7 Å². The number of hydrogen-bond donors (Lipinski definition) is 2. The van der Waals surface area contributed by atoms with Crippen molar-refractivity contribution in [3.8, 4) is 0 Å². The largest absolute Gasteiger partial charge is 0.452 e. The highest BCUT2D eigenvalue weighted by Crippen LogP contribution is 2.26. The van der Waals surface area contributed by atoms with Crippen LogP contribution in [0.5, 0.6) is 0 Å². The van der Waals surface area contributed by atoms with Crippen LogP contribution in [0, 0.1) is 5.92 Å². The molecule has 0 aromatic carbocycles. The molecule has 2 N–H and O–H groups in total. The Kier molecular flexibility index (Phi) is 6.71. The first-order valence-corrected chi connectivity index (χ1v) is 9.10. The zero-order valence-corrected chi connectivity index (χ0v) is 14.8. The molecule has 0 saturated carbocycles. The minimum atomic E-state index is -3.57. The first-order valence-electron chi connectivity index (χ1n) is 6.83. The Balaban J connectivity index is 2.94. The Hall–Kier alpha value is -0.370. The third kappa shape index (κ3) is 4.58. The van der Waals surface area contributed by atoms with E-state index < -0.39 is 10.0 Å². The van der Waals surface area contributed by atoms with Gasteiger partial charge < -0.3 is 9.73 Å². The van der Waals surface area contributed by atoms with Crippen molar-refractivity contribution in [2.75, 3.05) is 6.54 Å². The van der Waals surface area contributed by atoms with Gasteiger partial charge in [-0.2, -0.15) is 0 Å². The molecule has 20 heavy (non-hydrogen) atoms. The maximum Gasteiger partial charge on any atom is 0.245 e. The number of sulfonamides is 1. The normalized spacial score (nSPS) is 13.9. The van der Waals surface area contributed by atoms with Gasteiger partial charge in [-0.25, -0.2) is 13.1 Å². The number of nitrogens with one attached hydrogen (secondary N) is 2. The third-order valence-electron chi connectivity index (χ3n) is 3.10. The number of furan rings is 1. The highest BCUT2D eigenvalue weighted by molar-refractivity contribution is 9.10. The lowest BCUT2D eigenvalue weighted by Gasteiger charge is -2.20. The molecule has 0 radical (unpaired) electrons. The van der Waals surface area contributed by atoms with E-state index in [1.165, 1.54) is 0 Å². The van der Waals surface area contributed by atoms with Crippen molar-refractivity contribution in [1.29, 1.82) is 0 Å². The van der Waals surface area contributed by atoms with Crippen LogP contribution < -0.4 is 10.0 Å². The van der Waals surface area contributed by atoms with E-state index in [1.54, 1.807) is 6.07 Å². The molecule has 1 atom stereocenters. The van der Waals surface area contributed by atoms with Crippen LogP contribution in [-0.2, 0) is 16.6 Å². The van der Waals surface area contributed by atoms with Gasteiger partial charge in [-0.3, -0.25) is 0 Å². The van der Waals surface area contributed by atoms with Gasteiger partial charge in [0.1, 0.15) is 10.7 Å². The summed E-state index contributed by atoms with van der Waals surface area (Å²) in [4.78, 5) is 0.157. The number of hydrogen-bond acceptors (Lipinski definition) is 4. The minimum absolute atomic E-state index is 0.0842. The van der Waals surface area contributed by atoms with Crippen molar-refractivity contribution in [2.45, 2.75) is 51.6 Å². The number of rotatable bonds is 8. The molecule has 0 spiro atoms. The minimum Gasteiger partial charge on any atom is -0.452 e. The second-order valence-electron chi connectivity index (χ2n) is 5.01. The Labute approximate surface area is 129 Å². The SMILES string of the molecule is CCNCc1cc(S(=O)(=O)NC(CC)C(C)C)c(Br)o1. The first-order chi connectivity index (χ1) is 9.31. The number of halogens is 1. The highest BCUT2D eigenvalue weighted by Gasteiger charge is 2.26. The summed E-state index contributed by atoms with van der Waals surface area (Å²) in [5.41, 5.74) is 0. The van der Waals surface area contributed by atoms with Crippen LogP contribution in [0.15, 0.2) is 20.0 Å². The van der Waals surface area contributed by atoms with Crippen LogP contribution in [0.3, 0.4) is 0 Å². The van der Waals surface area contributed by atoms with E-state index in [0.29, 0.717) is 12.3 Å². The molecule has 0 saturated heterocycles. The molecule has 0 bridgehead atoms. The fourth-order valence-electron chi connectivity index (χ4n) is 1.87. The van der Waals surface area contributed by atoms with Gasteiger partial charge in [0.15, 0.2) is 4.67 Å². The molecule has 7 heteroatoms. The molecule has 1 heterocycles. The van der Waals surface area contributed by atoms with Crippen molar-refractivity contribution in [3.63, 3.8) is 0 Å². The molecule has 0 aliphatic heterocycles. The van der Waals surface area contributed by atoms with Gasteiger partial charge in [0.2, 0.25) is 10.0 Å². The molecular weight excluding hydrogens is 344 g/mol. The van der Waals surface area contributed by atoms with Gasteiger partial charge >= 0.3 is 0 Å². The molecule has 0 aliphatic carbocycles. The van der Waals surface area contributed by atoms with E-state index in [9.17, 15) is 8.42 Å². The quantitative estimate of drug-likeness (QED) is 0.741. The lowest BCUT2D eigenvalue weighted by Crippen LogP contribution is -2.37. The van der Waals surface area contributed by atoms with Crippen LogP contribution in [0.4, 0.5) is 0 Å². The zero-order valence-electron chi connectivity index (χ0n) is 12.4. The molecule has 0 fully saturated rings. The molecule has 116 valence electrons. The second-order valence-corrected chi connectivity index (χ2v) is 7.41. The predicted octanol–water partition coefficient (Wildman–Crippen LogP) is 2.86. The summed E-state index contributed by atoms with van der Waals surface area (Å²) >= 11 is 3.18. The summed E-state index contributed by atoms with van der Waals surface area (Å²) in [7, 11) is -3.57. The average molecular weight is 367 g/mol. The summed E-state index contributed by atoms with van der Waals surface area (Å²) in [6, 6.07) is 1.47. The van der Waals surface area contributed by atoms with E-state index in [0.717, 1.165) is 13.0 Å². The fraction of sp³-hybridized carbons (Fsp3) is 0.692. The summed E-state index contributed by atoms with van der Waals surface area (Å²) in [6.45, 7) is 9.24. The van der Waals surface area contributed by atoms with Crippen LogP contribution in [0.25, 0.3) is 0 Å². The lowest BCUT2D eigenvalue weighted by molar-refractivity contribution is 0.435. The smallest absolute Gasteiger partial charge is 0.245 e. The summed E-state index contributed by atoms with van der Waals surface area (Å²) < 4.78 is 33.2. The van der Waals surface area contributed by atoms with Gasteiger partial charge in [0, 0.05) is 12.1 Å². The molecule has 5 nitrogen and oxygen atoms in total. The van der Waals surface area contributed by atoms with Crippen LogP contribution >= 0.6 is 15.9 Å². The van der Waals surface area contributed by atoms with E-state index >= 15 is 0 Å². The Morgan fingerprint density at radius 1 is 1.35 bits per heavy atom. The molecule has 1 unspecified atom stereocenters. The summed E-state index contributed by atoms with van der Waals surface area (Å²) in [6.07, 6.45) is 0.747. The maximum atomic E-state index is 12.4. The molecule has 0 amide bonds. The van der Waals surface area contributed by atoms with E-state index in [-0.39, 0.29) is 21.5 Å². The Morgan fingerprint density at radius 3 is 2.50 bits per heavy atom. The van der Waals surface area contributed by atoms with Crippen molar-refractivity contribution in [1.82, 2.24) is 10.0 Å². The summed E-state index contributed by atoms with van der Waals surface area (Å²) in [5, 5.41) is 3.10. The molecular formula is C13H23BrN2O3S. The van der Waals surface area contributed by atoms with Gasteiger partial charge in [0.05, 0.1) is 6.54 Å². The monoisotopic (exact) mass is 366 g/mol. The van der Waals surface area contributed by atoms with Crippen molar-refractivity contribution < 1.29 is 12.8 Å². The Morgan fingerprint density at radius 2 is 2.00 bits per heavy atom. The highest BCUT2D eigenvalue weighted by atomic mass is 79.9. The van der Waals surface area contributed by atoms with Crippen molar-refractivity contribution in [3.05, 3.63) is 16.5 Å². The standard InChI is InChI=1S/C13H23BrN2O3S/c1-5-11(9(3)4)16-20(17,18)12-7-10(8-15-6-2)19-13(12)14/h7,9,11,15-16H,5-6,8H2,1-4H3. The van der Waals surface area contributed by atoms with Crippen LogP contribution in [-0.4, -0.2) is 21.0 Å². The zero-order chi connectivity index (χ0) is 15.3. The van der Waals surface area contributed by atoms with E-state index in [2.05, 4.69) is 26.0 Å². The molecule has 1 aromatic heterocycles. The average Bonchev–Trinajstić information content (AvgIpc) is 2.75. The van der Waals surface area contributed by atoms with Gasteiger partial charge in [-0.15, -0.1) is 0 Å². The second kappa shape index (κ2) is 7.59. The van der Waals surface area contributed by atoms with E-state index in [4.69, 9.17) is 4.42 Å². The van der Waals surface area contributed by atoms with Gasteiger partial charge in [-0.1, -0.05) is 27.7 Å². The first kappa shape index (κ1) is 17.7. The predicted molar refractivity (Wildman–Crippen MR) is 83.0 cm³/mol. The topological polar surface area (TPSA) is 71.3 Å². The molecule has 1 rings (SSSR count). The summed E-state index contributed by atoms with van der Waals surface area (Å²) in [5.74, 6) is 0.832. The molecule has 1 aromatic rings. The van der Waals surface area contributed by atoms with Crippen LogP contribution in [0.2, 0.25) is 0 Å². The van der Waals surface area contributed by atoms with Crippen molar-refractivity contribution >= 4 is 26.0 Å². The van der Waals surface area contributed by atoms with Crippen molar-refractivity contribution in [2.24, 2.45) is 5.92 Å².